The molecule has 6 heteroatoms. The van der Waals surface area contributed by atoms with Crippen LogP contribution in [0.1, 0.15) is 42.1 Å². The molecule has 2 atom stereocenters. The van der Waals surface area contributed by atoms with Crippen molar-refractivity contribution in [1.82, 2.24) is 14.8 Å². The molecule has 0 saturated carbocycles. The highest BCUT2D eigenvalue weighted by Gasteiger charge is 2.38. The first-order chi connectivity index (χ1) is 13.1. The summed E-state index contributed by atoms with van der Waals surface area (Å²) in [6.45, 7) is 3.64. The quantitative estimate of drug-likeness (QED) is 0.713. The largest absolute Gasteiger partial charge is 0.497 e. The molecule has 1 aromatic heterocycles. The summed E-state index contributed by atoms with van der Waals surface area (Å²) in [5, 5.41) is 4.41. The zero-order valence-corrected chi connectivity index (χ0v) is 15.7. The lowest BCUT2D eigenvalue weighted by Gasteiger charge is -2.38. The van der Waals surface area contributed by atoms with E-state index in [0.29, 0.717) is 5.95 Å². The molecule has 0 fully saturated rings. The number of carbonyl (C=O) groups excluding carboxylic acids is 1. The molecule has 1 aliphatic heterocycles. The topological polar surface area (TPSA) is 60.2 Å². The predicted octanol–water partition coefficient (Wildman–Crippen LogP) is 3.68. The van der Waals surface area contributed by atoms with Gasteiger partial charge in [0.1, 0.15) is 12.1 Å². The molecule has 0 bridgehead atoms. The van der Waals surface area contributed by atoms with Crippen molar-refractivity contribution in [2.24, 2.45) is 0 Å². The molecule has 2 heterocycles. The second kappa shape index (κ2) is 6.87. The van der Waals surface area contributed by atoms with Crippen LogP contribution in [-0.2, 0) is 4.79 Å². The van der Waals surface area contributed by atoms with E-state index in [0.717, 1.165) is 23.3 Å². The highest BCUT2D eigenvalue weighted by Crippen LogP contribution is 2.41. The Morgan fingerprint density at radius 2 is 1.67 bits per heavy atom. The van der Waals surface area contributed by atoms with Gasteiger partial charge in [0.2, 0.25) is 11.9 Å². The van der Waals surface area contributed by atoms with E-state index in [1.165, 1.54) is 11.9 Å². The summed E-state index contributed by atoms with van der Waals surface area (Å²) in [6, 6.07) is 16.2. The molecule has 1 aliphatic rings. The van der Waals surface area contributed by atoms with Gasteiger partial charge in [-0.1, -0.05) is 42.0 Å². The number of carbonyl (C=O) groups is 1. The smallest absolute Gasteiger partial charge is 0.231 e. The van der Waals surface area contributed by atoms with Crippen molar-refractivity contribution < 1.29 is 9.53 Å². The van der Waals surface area contributed by atoms with Crippen LogP contribution in [0.3, 0.4) is 0 Å². The van der Waals surface area contributed by atoms with Crippen molar-refractivity contribution >= 4 is 11.9 Å². The van der Waals surface area contributed by atoms with Crippen molar-refractivity contribution in [3.63, 3.8) is 0 Å². The third-order valence-electron chi connectivity index (χ3n) is 5.12. The van der Waals surface area contributed by atoms with E-state index in [1.54, 1.807) is 18.9 Å². The Kier molecular flexibility index (Phi) is 4.39. The predicted molar refractivity (Wildman–Crippen MR) is 103 cm³/mol. The van der Waals surface area contributed by atoms with E-state index in [9.17, 15) is 4.79 Å². The van der Waals surface area contributed by atoms with Crippen molar-refractivity contribution in [1.29, 1.82) is 0 Å². The van der Waals surface area contributed by atoms with Gasteiger partial charge in [-0.05, 0) is 36.6 Å². The van der Waals surface area contributed by atoms with Gasteiger partial charge in [-0.25, -0.2) is 4.68 Å². The first kappa shape index (κ1) is 17.3. The van der Waals surface area contributed by atoms with Gasteiger partial charge < -0.3 is 4.74 Å². The molecule has 138 valence electrons. The second-order valence-electron chi connectivity index (χ2n) is 6.84. The number of anilines is 1. The van der Waals surface area contributed by atoms with E-state index < -0.39 is 0 Å². The van der Waals surface area contributed by atoms with Gasteiger partial charge in [-0.3, -0.25) is 9.69 Å². The lowest BCUT2D eigenvalue weighted by Crippen LogP contribution is -2.41. The molecule has 0 N–H and O–H groups in total. The van der Waals surface area contributed by atoms with Crippen molar-refractivity contribution in [3.8, 4) is 5.75 Å². The molecule has 6 nitrogen and oxygen atoms in total. The zero-order valence-electron chi connectivity index (χ0n) is 15.7. The van der Waals surface area contributed by atoms with Crippen LogP contribution < -0.4 is 9.64 Å². The Bertz CT molecular complexity index is 947. The maximum Gasteiger partial charge on any atom is 0.231 e. The number of hydrogen-bond donors (Lipinski definition) is 0. The Balaban J connectivity index is 1.80. The summed E-state index contributed by atoms with van der Waals surface area (Å²) in [6.07, 6.45) is 2.24. The average Bonchev–Trinajstić information content (AvgIpc) is 3.16. The first-order valence-corrected chi connectivity index (χ1v) is 8.98. The van der Waals surface area contributed by atoms with Crippen LogP contribution in [0.25, 0.3) is 0 Å². The first-order valence-electron chi connectivity index (χ1n) is 8.98. The number of aromatic nitrogens is 3. The van der Waals surface area contributed by atoms with Gasteiger partial charge in [0.25, 0.3) is 0 Å². The summed E-state index contributed by atoms with van der Waals surface area (Å²) in [5.74, 6) is 1.36. The molecule has 2 unspecified atom stereocenters. The third kappa shape index (κ3) is 3.07. The summed E-state index contributed by atoms with van der Waals surface area (Å²) in [4.78, 5) is 18.6. The third-order valence-corrected chi connectivity index (χ3v) is 5.12. The molecule has 3 aromatic rings. The molecule has 0 radical (unpaired) electrons. The Labute approximate surface area is 158 Å². The number of ether oxygens (including phenoxy) is 1. The van der Waals surface area contributed by atoms with Gasteiger partial charge in [0, 0.05) is 6.92 Å². The van der Waals surface area contributed by atoms with Crippen LogP contribution in [0.2, 0.25) is 0 Å². The van der Waals surface area contributed by atoms with E-state index >= 15 is 0 Å². The fourth-order valence-corrected chi connectivity index (χ4v) is 3.73. The van der Waals surface area contributed by atoms with Gasteiger partial charge >= 0.3 is 0 Å². The van der Waals surface area contributed by atoms with Crippen LogP contribution in [0.15, 0.2) is 54.9 Å². The molecule has 4 rings (SSSR count). The average molecular weight is 362 g/mol. The number of nitrogens with zero attached hydrogens (tertiary/aromatic N) is 4. The summed E-state index contributed by atoms with van der Waals surface area (Å²) in [7, 11) is 1.66. The van der Waals surface area contributed by atoms with Gasteiger partial charge in [-0.2, -0.15) is 10.1 Å². The second-order valence-corrected chi connectivity index (χ2v) is 6.84. The van der Waals surface area contributed by atoms with E-state index in [1.807, 2.05) is 28.9 Å². The van der Waals surface area contributed by atoms with Crippen molar-refractivity contribution in [3.05, 3.63) is 71.5 Å². The van der Waals surface area contributed by atoms with Crippen molar-refractivity contribution in [2.75, 3.05) is 12.0 Å². The number of aryl methyl sites for hydroxylation is 1. The van der Waals surface area contributed by atoms with Crippen LogP contribution in [0.4, 0.5) is 5.95 Å². The zero-order chi connectivity index (χ0) is 19.0. The minimum Gasteiger partial charge on any atom is -0.497 e. The van der Waals surface area contributed by atoms with E-state index in [4.69, 9.17) is 4.74 Å². The molecule has 0 spiro atoms. The fraction of sp³-hybridized carbons (Fsp3) is 0.286. The standard InChI is InChI=1S/C21H22N4O2/c1-14-4-6-16(7-5-14)19-12-20(17-8-10-18(27-3)11-9-17)25-21(22-13-23-25)24(19)15(2)26/h4-11,13,19-20H,12H2,1-3H3. The maximum atomic E-state index is 12.5. The molecule has 0 aliphatic carbocycles. The minimum atomic E-state index is -0.0908. The number of hydrogen-bond acceptors (Lipinski definition) is 4. The number of methoxy groups -OCH3 is 1. The monoisotopic (exact) mass is 362 g/mol. The number of rotatable bonds is 3. The van der Waals surface area contributed by atoms with Gasteiger partial charge in [-0.15, -0.1) is 0 Å². The Morgan fingerprint density at radius 1 is 1.04 bits per heavy atom. The van der Waals surface area contributed by atoms with E-state index in [2.05, 4.69) is 41.3 Å². The molecule has 2 aromatic carbocycles. The molecule has 0 saturated heterocycles. The Morgan fingerprint density at radius 3 is 2.30 bits per heavy atom. The molecular formula is C21H22N4O2. The van der Waals surface area contributed by atoms with Crippen molar-refractivity contribution in [2.45, 2.75) is 32.4 Å². The Hall–Kier alpha value is -3.15. The summed E-state index contributed by atoms with van der Waals surface area (Å²) < 4.78 is 7.11. The molecule has 1 amide bonds. The lowest BCUT2D eigenvalue weighted by atomic mass is 9.91. The fourth-order valence-electron chi connectivity index (χ4n) is 3.73. The summed E-state index contributed by atoms with van der Waals surface area (Å²) >= 11 is 0. The van der Waals surface area contributed by atoms with Crippen LogP contribution in [0.5, 0.6) is 5.75 Å². The number of benzene rings is 2. The number of amides is 1. The maximum absolute atomic E-state index is 12.5. The lowest BCUT2D eigenvalue weighted by molar-refractivity contribution is -0.117. The molecular weight excluding hydrogens is 340 g/mol. The highest BCUT2D eigenvalue weighted by molar-refractivity contribution is 5.90. The van der Waals surface area contributed by atoms with E-state index in [-0.39, 0.29) is 18.0 Å². The minimum absolute atomic E-state index is 0.00434. The van der Waals surface area contributed by atoms with Crippen LogP contribution >= 0.6 is 0 Å². The number of fused-ring (bicyclic) bond motifs is 1. The van der Waals surface area contributed by atoms with Crippen LogP contribution in [-0.4, -0.2) is 27.8 Å². The van der Waals surface area contributed by atoms with Crippen LogP contribution in [0, 0.1) is 6.92 Å². The highest BCUT2D eigenvalue weighted by atomic mass is 16.5. The molecule has 27 heavy (non-hydrogen) atoms. The van der Waals surface area contributed by atoms with Gasteiger partial charge in [0.05, 0.1) is 19.2 Å². The summed E-state index contributed by atoms with van der Waals surface area (Å²) in [5.41, 5.74) is 3.41. The SMILES string of the molecule is COc1ccc(C2CC(c3ccc(C)cc3)N(C(C)=O)c3ncnn32)cc1. The van der Waals surface area contributed by atoms with Gasteiger partial charge in [0.15, 0.2) is 0 Å². The normalized spacial score (nSPS) is 18.9.